The van der Waals surface area contributed by atoms with E-state index in [4.69, 9.17) is 0 Å². The van der Waals surface area contributed by atoms with Crippen LogP contribution in [-0.4, -0.2) is 48.4 Å². The molecule has 1 aliphatic heterocycles. The molecular formula is C23H20N4O4. The van der Waals surface area contributed by atoms with Crippen molar-refractivity contribution < 1.29 is 15.0 Å². The van der Waals surface area contributed by atoms with Crippen molar-refractivity contribution in [2.45, 2.75) is 12.5 Å². The number of hydrogen-bond acceptors (Lipinski definition) is 4. The normalized spacial score (nSPS) is 16.1. The van der Waals surface area contributed by atoms with Crippen molar-refractivity contribution in [1.29, 1.82) is 0 Å². The number of fused-ring (bicyclic) bond motifs is 1. The lowest BCUT2D eigenvalue weighted by Crippen LogP contribution is -2.31. The molecule has 0 aliphatic carbocycles. The van der Waals surface area contributed by atoms with Crippen molar-refractivity contribution in [2.24, 2.45) is 0 Å². The number of carboxylic acid groups (broad SMARTS) is 1. The average Bonchev–Trinajstić information content (AvgIpc) is 3.37. The molecule has 4 aromatic rings. The minimum absolute atomic E-state index is 0.209. The zero-order valence-electron chi connectivity index (χ0n) is 16.5. The van der Waals surface area contributed by atoms with Crippen LogP contribution in [0.4, 0.5) is 4.79 Å². The number of likely N-dealkylation sites (tertiary alicyclic amines) is 1. The minimum atomic E-state index is -0.975. The summed E-state index contributed by atoms with van der Waals surface area (Å²) in [5, 5.41) is 18.8. The topological polar surface area (TPSA) is 101 Å². The van der Waals surface area contributed by atoms with E-state index in [2.05, 4.69) is 4.98 Å². The van der Waals surface area contributed by atoms with Crippen LogP contribution in [0, 0.1) is 0 Å². The summed E-state index contributed by atoms with van der Waals surface area (Å²) in [5.74, 6) is 0.209. The zero-order chi connectivity index (χ0) is 21.5. The molecule has 5 rings (SSSR count). The van der Waals surface area contributed by atoms with Crippen LogP contribution in [0.3, 0.4) is 0 Å². The van der Waals surface area contributed by atoms with Crippen LogP contribution in [-0.2, 0) is 0 Å². The molecule has 156 valence electrons. The number of rotatable bonds is 3. The van der Waals surface area contributed by atoms with Crippen molar-refractivity contribution in [1.82, 2.24) is 19.0 Å². The molecule has 2 N–H and O–H groups in total. The number of aromatic nitrogens is 3. The summed E-state index contributed by atoms with van der Waals surface area (Å²) in [6, 6.07) is 17.9. The second-order valence-corrected chi connectivity index (χ2v) is 7.60. The zero-order valence-corrected chi connectivity index (χ0v) is 16.5. The van der Waals surface area contributed by atoms with Gasteiger partial charge in [-0.3, -0.25) is 9.13 Å². The van der Waals surface area contributed by atoms with Crippen molar-refractivity contribution >= 4 is 17.3 Å². The number of benzene rings is 2. The van der Waals surface area contributed by atoms with Gasteiger partial charge in [-0.25, -0.2) is 14.6 Å². The van der Waals surface area contributed by atoms with Crippen LogP contribution in [0.25, 0.3) is 28.0 Å². The number of amides is 1. The third-order valence-corrected chi connectivity index (χ3v) is 5.76. The Morgan fingerprint density at radius 2 is 1.68 bits per heavy atom. The standard InChI is InChI=1S/C23H20N4O4/c28-19-9-5-16(6-10-19)15-3-7-17(8-4-15)26-20-2-1-12-24-21(20)27(22(26)29)18-11-13-25(14-18)23(30)31/h1-10,12,18,28H,11,13-14H2,(H,30,31)/t18-/m0/s1. The lowest BCUT2D eigenvalue weighted by molar-refractivity contribution is 0.154. The third-order valence-electron chi connectivity index (χ3n) is 5.76. The van der Waals surface area contributed by atoms with Crippen molar-refractivity contribution in [3.05, 3.63) is 77.3 Å². The number of nitrogens with zero attached hydrogens (tertiary/aromatic N) is 4. The fourth-order valence-corrected chi connectivity index (χ4v) is 4.21. The first-order valence-corrected chi connectivity index (χ1v) is 9.98. The molecule has 0 unspecified atom stereocenters. The van der Waals surface area contributed by atoms with Gasteiger partial charge in [-0.2, -0.15) is 0 Å². The van der Waals surface area contributed by atoms with E-state index >= 15 is 0 Å². The number of pyridine rings is 1. The Morgan fingerprint density at radius 1 is 1.00 bits per heavy atom. The minimum Gasteiger partial charge on any atom is -0.508 e. The van der Waals surface area contributed by atoms with Gasteiger partial charge in [0.1, 0.15) is 5.75 Å². The predicted molar refractivity (Wildman–Crippen MR) is 116 cm³/mol. The van der Waals surface area contributed by atoms with Gasteiger partial charge >= 0.3 is 11.8 Å². The maximum atomic E-state index is 13.4. The number of phenols is 1. The first kappa shape index (κ1) is 18.9. The molecule has 1 fully saturated rings. The summed E-state index contributed by atoms with van der Waals surface area (Å²) in [6.07, 6.45) is 1.24. The Morgan fingerprint density at radius 3 is 2.32 bits per heavy atom. The predicted octanol–water partition coefficient (Wildman–Crippen LogP) is 3.48. The number of imidazole rings is 1. The molecule has 0 spiro atoms. The molecule has 8 nitrogen and oxygen atoms in total. The molecule has 1 aliphatic rings. The van der Waals surface area contributed by atoms with Gasteiger partial charge in [0.05, 0.1) is 17.2 Å². The number of hydrogen-bond donors (Lipinski definition) is 2. The first-order chi connectivity index (χ1) is 15.0. The quantitative estimate of drug-likeness (QED) is 0.533. The van der Waals surface area contributed by atoms with E-state index in [-0.39, 0.29) is 24.0 Å². The number of phenolic OH excluding ortho intramolecular Hbond substituents is 1. The lowest BCUT2D eigenvalue weighted by Gasteiger charge is -2.13. The Hall–Kier alpha value is -4.07. The molecule has 2 aromatic heterocycles. The number of carbonyl (C=O) groups is 1. The Bertz CT molecular complexity index is 1320. The highest BCUT2D eigenvalue weighted by molar-refractivity contribution is 5.75. The highest BCUT2D eigenvalue weighted by atomic mass is 16.4. The Labute approximate surface area is 177 Å². The molecule has 0 saturated carbocycles. The van der Waals surface area contributed by atoms with E-state index in [0.717, 1.165) is 11.1 Å². The fraction of sp³-hybridized carbons (Fsp3) is 0.174. The van der Waals surface area contributed by atoms with Gasteiger partial charge < -0.3 is 15.1 Å². The summed E-state index contributed by atoms with van der Waals surface area (Å²) < 4.78 is 3.23. The smallest absolute Gasteiger partial charge is 0.407 e. The summed E-state index contributed by atoms with van der Waals surface area (Å²) in [4.78, 5) is 30.5. The van der Waals surface area contributed by atoms with E-state index in [0.29, 0.717) is 29.8 Å². The van der Waals surface area contributed by atoms with Crippen LogP contribution < -0.4 is 5.69 Å². The summed E-state index contributed by atoms with van der Waals surface area (Å²) in [6.45, 7) is 0.665. The second-order valence-electron chi connectivity index (χ2n) is 7.60. The highest BCUT2D eigenvalue weighted by Crippen LogP contribution is 2.27. The molecule has 1 atom stereocenters. The van der Waals surface area contributed by atoms with E-state index in [1.54, 1.807) is 33.5 Å². The highest BCUT2D eigenvalue weighted by Gasteiger charge is 2.31. The number of aromatic hydroxyl groups is 1. The maximum Gasteiger partial charge on any atom is 0.407 e. The van der Waals surface area contributed by atoms with E-state index in [9.17, 15) is 19.8 Å². The largest absolute Gasteiger partial charge is 0.508 e. The van der Waals surface area contributed by atoms with Gasteiger partial charge in [0.25, 0.3) is 0 Å². The second kappa shape index (κ2) is 7.32. The monoisotopic (exact) mass is 416 g/mol. The molecule has 3 heterocycles. The van der Waals surface area contributed by atoms with Crippen LogP contribution in [0.5, 0.6) is 5.75 Å². The lowest BCUT2D eigenvalue weighted by atomic mass is 10.1. The molecule has 0 bridgehead atoms. The molecule has 31 heavy (non-hydrogen) atoms. The van der Waals surface area contributed by atoms with Crippen LogP contribution in [0.15, 0.2) is 71.7 Å². The molecular weight excluding hydrogens is 396 g/mol. The fourth-order valence-electron chi connectivity index (χ4n) is 4.21. The van der Waals surface area contributed by atoms with Crippen LogP contribution in [0.1, 0.15) is 12.5 Å². The van der Waals surface area contributed by atoms with Gasteiger partial charge in [-0.05, 0) is 53.9 Å². The first-order valence-electron chi connectivity index (χ1n) is 9.98. The van der Waals surface area contributed by atoms with E-state index in [1.807, 2.05) is 42.5 Å². The van der Waals surface area contributed by atoms with E-state index in [1.165, 1.54) is 4.90 Å². The van der Waals surface area contributed by atoms with Gasteiger partial charge in [-0.15, -0.1) is 0 Å². The molecule has 1 amide bonds. The summed E-state index contributed by atoms with van der Waals surface area (Å²) >= 11 is 0. The molecule has 0 radical (unpaired) electrons. The van der Waals surface area contributed by atoms with E-state index < -0.39 is 6.09 Å². The summed E-state index contributed by atoms with van der Waals surface area (Å²) in [7, 11) is 0. The van der Waals surface area contributed by atoms with Gasteiger partial charge in [-0.1, -0.05) is 24.3 Å². The van der Waals surface area contributed by atoms with Crippen molar-refractivity contribution in [3.8, 4) is 22.6 Å². The van der Waals surface area contributed by atoms with Crippen molar-refractivity contribution in [3.63, 3.8) is 0 Å². The summed E-state index contributed by atoms with van der Waals surface area (Å²) in [5.41, 5.74) is 3.62. The Balaban J connectivity index is 1.58. The van der Waals surface area contributed by atoms with Gasteiger partial charge in [0.15, 0.2) is 5.65 Å². The third kappa shape index (κ3) is 3.22. The van der Waals surface area contributed by atoms with Crippen molar-refractivity contribution in [2.75, 3.05) is 13.1 Å². The maximum absolute atomic E-state index is 13.4. The molecule has 2 aromatic carbocycles. The molecule has 8 heteroatoms. The van der Waals surface area contributed by atoms with Gasteiger partial charge in [0.2, 0.25) is 0 Å². The average molecular weight is 416 g/mol. The molecule has 1 saturated heterocycles. The van der Waals surface area contributed by atoms with Crippen LogP contribution in [0.2, 0.25) is 0 Å². The Kier molecular flexibility index (Phi) is 4.47. The SMILES string of the molecule is O=C(O)N1CC[C@H](n2c(=O)n(-c3ccc(-c4ccc(O)cc4)cc3)c3cccnc32)C1. The van der Waals surface area contributed by atoms with Crippen LogP contribution >= 0.6 is 0 Å². The van der Waals surface area contributed by atoms with Gasteiger partial charge in [0, 0.05) is 19.3 Å².